The van der Waals surface area contributed by atoms with Crippen LogP contribution in [0.3, 0.4) is 0 Å². The first-order chi connectivity index (χ1) is 8.05. The zero-order valence-corrected chi connectivity index (χ0v) is 11.2. The van der Waals surface area contributed by atoms with Gasteiger partial charge in [-0.15, -0.1) is 11.6 Å². The molecule has 0 bridgehead atoms. The Hall–Kier alpha value is -0.780. The maximum atomic E-state index is 11.5. The molecule has 0 heterocycles. The van der Waals surface area contributed by atoms with Crippen LogP contribution >= 0.6 is 11.6 Å². The fourth-order valence-electron chi connectivity index (χ4n) is 1.35. The van der Waals surface area contributed by atoms with Crippen molar-refractivity contribution in [3.63, 3.8) is 0 Å². The summed E-state index contributed by atoms with van der Waals surface area (Å²) in [6.07, 6.45) is 1.19. The van der Waals surface area contributed by atoms with Crippen LogP contribution in [0.5, 0.6) is 0 Å². The van der Waals surface area contributed by atoms with Gasteiger partial charge < -0.3 is 10.1 Å². The number of hydrogen-bond acceptors (Lipinski definition) is 4. The summed E-state index contributed by atoms with van der Waals surface area (Å²) in [5.74, 6) is 0.458. The molecular weight excluding hydrogens is 262 g/mol. The van der Waals surface area contributed by atoms with Crippen LogP contribution in [-0.4, -0.2) is 40.3 Å². The van der Waals surface area contributed by atoms with E-state index < -0.39 is 9.84 Å². The van der Waals surface area contributed by atoms with Crippen LogP contribution in [-0.2, 0) is 14.6 Å². The third kappa shape index (κ3) is 4.93. The molecule has 1 N–H and O–H groups in total. The molecule has 0 aliphatic carbocycles. The van der Waals surface area contributed by atoms with E-state index in [-0.39, 0.29) is 0 Å². The molecule has 1 aromatic carbocycles. The van der Waals surface area contributed by atoms with E-state index in [1.165, 1.54) is 6.26 Å². The maximum Gasteiger partial charge on any atom is 0.177 e. The summed E-state index contributed by atoms with van der Waals surface area (Å²) >= 11 is 5.46. The largest absolute Gasteiger partial charge is 0.382 e. The highest BCUT2D eigenvalue weighted by atomic mass is 35.5. The summed E-state index contributed by atoms with van der Waals surface area (Å²) in [7, 11) is -3.21. The zero-order valence-electron chi connectivity index (χ0n) is 9.65. The minimum Gasteiger partial charge on any atom is -0.382 e. The summed E-state index contributed by atoms with van der Waals surface area (Å²) in [5, 5.41) is 3.03. The minimum atomic E-state index is -3.21. The first-order valence-corrected chi connectivity index (χ1v) is 7.65. The van der Waals surface area contributed by atoms with Gasteiger partial charge in [0.15, 0.2) is 9.84 Å². The van der Waals surface area contributed by atoms with Crippen LogP contribution in [0.25, 0.3) is 0 Å². The molecule has 0 aliphatic heterocycles. The molecule has 0 saturated carbocycles. The van der Waals surface area contributed by atoms with Crippen molar-refractivity contribution < 1.29 is 13.2 Å². The van der Waals surface area contributed by atoms with Gasteiger partial charge in [0.05, 0.1) is 23.8 Å². The van der Waals surface area contributed by atoms with E-state index in [1.807, 2.05) is 0 Å². The standard InChI is InChI=1S/C11H16ClNO3S/c1-17(14,15)11-5-3-2-4-10(11)13-7-9-16-8-6-12/h2-5,13H,6-9H2,1H3. The normalized spacial score (nSPS) is 11.4. The average Bonchev–Trinajstić information content (AvgIpc) is 2.28. The van der Waals surface area contributed by atoms with Crippen molar-refractivity contribution in [1.82, 2.24) is 0 Å². The van der Waals surface area contributed by atoms with Crippen LogP contribution in [0.4, 0.5) is 5.69 Å². The van der Waals surface area contributed by atoms with Crippen LogP contribution in [0.2, 0.25) is 0 Å². The highest BCUT2D eigenvalue weighted by Gasteiger charge is 2.11. The monoisotopic (exact) mass is 277 g/mol. The van der Waals surface area contributed by atoms with Gasteiger partial charge in [0, 0.05) is 18.7 Å². The summed E-state index contributed by atoms with van der Waals surface area (Å²) in [4.78, 5) is 0.303. The topological polar surface area (TPSA) is 55.4 Å². The third-order valence-corrected chi connectivity index (χ3v) is 3.38. The fourth-order valence-corrected chi connectivity index (χ4v) is 2.33. The highest BCUT2D eigenvalue weighted by molar-refractivity contribution is 7.90. The molecular formula is C11H16ClNO3S. The molecule has 0 atom stereocenters. The van der Waals surface area contributed by atoms with Crippen molar-refractivity contribution >= 4 is 27.1 Å². The number of sulfone groups is 1. The van der Waals surface area contributed by atoms with Gasteiger partial charge in [-0.3, -0.25) is 0 Å². The molecule has 0 fully saturated rings. The van der Waals surface area contributed by atoms with E-state index in [1.54, 1.807) is 24.3 Å². The molecule has 6 heteroatoms. The van der Waals surface area contributed by atoms with Gasteiger partial charge in [0.2, 0.25) is 0 Å². The number of rotatable bonds is 7. The number of nitrogens with one attached hydrogen (secondary N) is 1. The second-order valence-corrected chi connectivity index (χ2v) is 5.86. The summed E-state index contributed by atoms with van der Waals surface area (Å²) in [5.41, 5.74) is 0.601. The SMILES string of the molecule is CS(=O)(=O)c1ccccc1NCCOCCCl. The van der Waals surface area contributed by atoms with E-state index in [0.717, 1.165) is 0 Å². The van der Waals surface area contributed by atoms with Gasteiger partial charge in [-0.25, -0.2) is 8.42 Å². The number of hydrogen-bond donors (Lipinski definition) is 1. The molecule has 0 aliphatic rings. The van der Waals surface area contributed by atoms with Crippen LogP contribution in [0, 0.1) is 0 Å². The fraction of sp³-hybridized carbons (Fsp3) is 0.455. The van der Waals surface area contributed by atoms with Crippen molar-refractivity contribution in [2.75, 3.05) is 37.2 Å². The highest BCUT2D eigenvalue weighted by Crippen LogP contribution is 2.19. The van der Waals surface area contributed by atoms with Gasteiger partial charge in [-0.2, -0.15) is 0 Å². The molecule has 17 heavy (non-hydrogen) atoms. The van der Waals surface area contributed by atoms with Gasteiger partial charge >= 0.3 is 0 Å². The predicted octanol–water partition coefficient (Wildman–Crippen LogP) is 1.76. The van der Waals surface area contributed by atoms with Crippen molar-refractivity contribution in [2.45, 2.75) is 4.90 Å². The van der Waals surface area contributed by atoms with Crippen LogP contribution < -0.4 is 5.32 Å². The molecule has 0 amide bonds. The second kappa shape index (κ2) is 6.83. The summed E-state index contributed by atoms with van der Waals surface area (Å²) in [6.45, 7) is 1.53. The number of ether oxygens (including phenoxy) is 1. The molecule has 0 aromatic heterocycles. The number of alkyl halides is 1. The lowest BCUT2D eigenvalue weighted by Gasteiger charge is -2.10. The van der Waals surface area contributed by atoms with Gasteiger partial charge in [0.25, 0.3) is 0 Å². The van der Waals surface area contributed by atoms with E-state index >= 15 is 0 Å². The van der Waals surface area contributed by atoms with E-state index in [9.17, 15) is 8.42 Å². The quantitative estimate of drug-likeness (QED) is 0.609. The molecule has 96 valence electrons. The Morgan fingerprint density at radius 1 is 1.29 bits per heavy atom. The predicted molar refractivity (Wildman–Crippen MR) is 69.6 cm³/mol. The Morgan fingerprint density at radius 3 is 2.65 bits per heavy atom. The smallest absolute Gasteiger partial charge is 0.177 e. The second-order valence-electron chi connectivity index (χ2n) is 3.50. The Morgan fingerprint density at radius 2 is 2.00 bits per heavy atom. The Kier molecular flexibility index (Phi) is 5.74. The Labute approximate surface area is 107 Å². The van der Waals surface area contributed by atoms with E-state index in [4.69, 9.17) is 16.3 Å². The Balaban J connectivity index is 2.59. The van der Waals surface area contributed by atoms with E-state index in [0.29, 0.717) is 36.2 Å². The van der Waals surface area contributed by atoms with Crippen LogP contribution in [0.15, 0.2) is 29.2 Å². The maximum absolute atomic E-state index is 11.5. The zero-order chi connectivity index (χ0) is 12.7. The number of benzene rings is 1. The molecule has 0 saturated heterocycles. The molecule has 0 unspecified atom stereocenters. The average molecular weight is 278 g/mol. The first-order valence-electron chi connectivity index (χ1n) is 5.22. The Bertz CT molecular complexity index is 448. The van der Waals surface area contributed by atoms with Crippen molar-refractivity contribution in [3.8, 4) is 0 Å². The minimum absolute atomic E-state index is 0.303. The molecule has 0 spiro atoms. The molecule has 1 aromatic rings. The number of anilines is 1. The molecule has 1 rings (SSSR count). The van der Waals surface area contributed by atoms with Crippen LogP contribution in [0.1, 0.15) is 0 Å². The van der Waals surface area contributed by atoms with E-state index in [2.05, 4.69) is 5.32 Å². The lowest BCUT2D eigenvalue weighted by molar-refractivity contribution is 0.160. The van der Waals surface area contributed by atoms with Crippen molar-refractivity contribution in [2.24, 2.45) is 0 Å². The lowest BCUT2D eigenvalue weighted by atomic mass is 10.3. The van der Waals surface area contributed by atoms with Crippen molar-refractivity contribution in [3.05, 3.63) is 24.3 Å². The molecule has 4 nitrogen and oxygen atoms in total. The summed E-state index contributed by atoms with van der Waals surface area (Å²) in [6, 6.07) is 6.80. The van der Waals surface area contributed by atoms with Crippen molar-refractivity contribution in [1.29, 1.82) is 0 Å². The number of halogens is 1. The molecule has 0 radical (unpaired) electrons. The van der Waals surface area contributed by atoms with Gasteiger partial charge in [-0.1, -0.05) is 12.1 Å². The summed E-state index contributed by atoms with van der Waals surface area (Å²) < 4.78 is 28.2. The first kappa shape index (κ1) is 14.3. The lowest BCUT2D eigenvalue weighted by Crippen LogP contribution is -2.12. The third-order valence-electron chi connectivity index (χ3n) is 2.07. The number of para-hydroxylation sites is 1. The van der Waals surface area contributed by atoms with Gasteiger partial charge in [0.1, 0.15) is 0 Å². The van der Waals surface area contributed by atoms with Gasteiger partial charge in [-0.05, 0) is 12.1 Å².